The molecule has 1 unspecified atom stereocenters. The van der Waals surface area contributed by atoms with Gasteiger partial charge in [0.05, 0.1) is 18.1 Å². The first-order valence-corrected chi connectivity index (χ1v) is 7.99. The molecule has 0 aliphatic carbocycles. The fourth-order valence-corrected chi connectivity index (χ4v) is 3.70. The van der Waals surface area contributed by atoms with Crippen molar-refractivity contribution in [1.29, 1.82) is 0 Å². The molecule has 1 aromatic carbocycles. The van der Waals surface area contributed by atoms with Crippen LogP contribution in [0.15, 0.2) is 18.2 Å². The van der Waals surface area contributed by atoms with Gasteiger partial charge in [0.25, 0.3) is 0 Å². The van der Waals surface area contributed by atoms with Gasteiger partial charge in [-0.05, 0) is 38.4 Å². The molecule has 4 nitrogen and oxygen atoms in total. The normalized spacial score (nSPS) is 22.0. The summed E-state index contributed by atoms with van der Waals surface area (Å²) in [6, 6.07) is 6.21. The van der Waals surface area contributed by atoms with Gasteiger partial charge < -0.3 is 14.6 Å². The molecule has 21 heavy (non-hydrogen) atoms. The Hall–Kier alpha value is -1.55. The van der Waals surface area contributed by atoms with E-state index in [2.05, 4.69) is 29.8 Å². The van der Waals surface area contributed by atoms with Crippen molar-refractivity contribution in [2.75, 3.05) is 20.2 Å². The molecule has 0 bridgehead atoms. The first-order chi connectivity index (χ1) is 10.2. The van der Waals surface area contributed by atoms with Crippen LogP contribution in [0.1, 0.15) is 38.9 Å². The highest BCUT2D eigenvalue weighted by atomic mass is 16.5. The van der Waals surface area contributed by atoms with Crippen molar-refractivity contribution in [3.63, 3.8) is 0 Å². The number of hydrogen-bond acceptors (Lipinski definition) is 3. The molecule has 1 aliphatic heterocycles. The second-order valence-corrected chi connectivity index (χ2v) is 5.99. The molecule has 1 aromatic heterocycles. The number of nitrogens with one attached hydrogen (secondary N) is 1. The van der Waals surface area contributed by atoms with Crippen LogP contribution in [0.3, 0.4) is 0 Å². The van der Waals surface area contributed by atoms with Gasteiger partial charge >= 0.3 is 0 Å². The van der Waals surface area contributed by atoms with E-state index in [1.807, 2.05) is 12.1 Å². The number of hydrogen-bond donors (Lipinski definition) is 1. The van der Waals surface area contributed by atoms with Crippen LogP contribution in [0.4, 0.5) is 0 Å². The predicted octanol–water partition coefficient (Wildman–Crippen LogP) is 3.10. The van der Waals surface area contributed by atoms with Crippen molar-refractivity contribution >= 4 is 11.0 Å². The molecule has 1 atom stereocenters. The van der Waals surface area contributed by atoms with Crippen molar-refractivity contribution in [1.82, 2.24) is 14.9 Å². The Morgan fingerprint density at radius 2 is 2.24 bits per heavy atom. The monoisotopic (exact) mass is 287 g/mol. The van der Waals surface area contributed by atoms with Gasteiger partial charge in [0.1, 0.15) is 11.6 Å². The van der Waals surface area contributed by atoms with Gasteiger partial charge in [-0.15, -0.1) is 0 Å². The Bertz CT molecular complexity index is 626. The summed E-state index contributed by atoms with van der Waals surface area (Å²) in [7, 11) is 1.71. The lowest BCUT2D eigenvalue weighted by Gasteiger charge is -2.28. The van der Waals surface area contributed by atoms with E-state index in [1.54, 1.807) is 7.11 Å². The largest absolute Gasteiger partial charge is 0.497 e. The fourth-order valence-electron chi connectivity index (χ4n) is 3.70. The van der Waals surface area contributed by atoms with Crippen molar-refractivity contribution in [2.45, 2.75) is 45.1 Å². The van der Waals surface area contributed by atoms with E-state index in [0.717, 1.165) is 30.9 Å². The van der Waals surface area contributed by atoms with Crippen LogP contribution in [0.25, 0.3) is 11.0 Å². The Balaban J connectivity index is 2.16. The molecule has 4 heteroatoms. The molecule has 114 valence electrons. The lowest BCUT2D eigenvalue weighted by molar-refractivity contribution is 0.387. The van der Waals surface area contributed by atoms with E-state index in [0.29, 0.717) is 0 Å². The summed E-state index contributed by atoms with van der Waals surface area (Å²) < 4.78 is 7.73. The number of aryl methyl sites for hydroxylation is 1. The Morgan fingerprint density at radius 3 is 2.86 bits per heavy atom. The van der Waals surface area contributed by atoms with Crippen molar-refractivity contribution in [3.05, 3.63) is 24.0 Å². The molecule has 2 heterocycles. The molecule has 1 N–H and O–H groups in total. The number of methoxy groups -OCH3 is 1. The third-order valence-corrected chi connectivity index (χ3v) is 4.72. The topological polar surface area (TPSA) is 39.1 Å². The number of imidazole rings is 1. The average Bonchev–Trinajstić information content (AvgIpc) is 3.11. The molecule has 1 fully saturated rings. The molecule has 1 saturated heterocycles. The second-order valence-electron chi connectivity index (χ2n) is 5.99. The molecule has 0 spiro atoms. The Labute approximate surface area is 126 Å². The van der Waals surface area contributed by atoms with Crippen LogP contribution < -0.4 is 10.1 Å². The van der Waals surface area contributed by atoms with Crippen LogP contribution >= 0.6 is 0 Å². The van der Waals surface area contributed by atoms with Gasteiger partial charge in [0, 0.05) is 24.6 Å². The highest BCUT2D eigenvalue weighted by Gasteiger charge is 2.39. The zero-order valence-electron chi connectivity index (χ0n) is 13.3. The zero-order valence-corrected chi connectivity index (χ0v) is 13.3. The average molecular weight is 287 g/mol. The molecular formula is C17H25N3O. The van der Waals surface area contributed by atoms with E-state index in [9.17, 15) is 0 Å². The summed E-state index contributed by atoms with van der Waals surface area (Å²) in [6.07, 6.45) is 3.57. The summed E-state index contributed by atoms with van der Waals surface area (Å²) in [5.74, 6) is 2.13. The Morgan fingerprint density at radius 1 is 1.38 bits per heavy atom. The summed E-state index contributed by atoms with van der Waals surface area (Å²) in [4.78, 5) is 5.01. The highest BCUT2D eigenvalue weighted by Crippen LogP contribution is 2.37. The number of ether oxygens (including phenoxy) is 1. The molecule has 0 radical (unpaired) electrons. The van der Waals surface area contributed by atoms with Crippen LogP contribution in [0, 0.1) is 0 Å². The quantitative estimate of drug-likeness (QED) is 0.918. The number of fused-ring (bicyclic) bond motifs is 1. The number of aromatic nitrogens is 2. The van der Waals surface area contributed by atoms with Crippen molar-refractivity contribution in [2.24, 2.45) is 0 Å². The van der Waals surface area contributed by atoms with Gasteiger partial charge in [-0.3, -0.25) is 0 Å². The molecule has 3 rings (SSSR count). The molecule has 0 amide bonds. The maximum absolute atomic E-state index is 5.34. The second kappa shape index (κ2) is 5.68. The third kappa shape index (κ3) is 2.31. The minimum absolute atomic E-state index is 0.191. The summed E-state index contributed by atoms with van der Waals surface area (Å²) in [5, 5.41) is 3.54. The van der Waals surface area contributed by atoms with Crippen molar-refractivity contribution < 1.29 is 4.74 Å². The maximum atomic E-state index is 5.34. The third-order valence-electron chi connectivity index (χ3n) is 4.72. The Kier molecular flexibility index (Phi) is 3.89. The minimum Gasteiger partial charge on any atom is -0.497 e. The van der Waals surface area contributed by atoms with Crippen molar-refractivity contribution in [3.8, 4) is 5.75 Å². The summed E-state index contributed by atoms with van der Waals surface area (Å²) in [5.41, 5.74) is 2.46. The first-order valence-electron chi connectivity index (χ1n) is 7.99. The van der Waals surface area contributed by atoms with E-state index in [4.69, 9.17) is 9.72 Å². The van der Waals surface area contributed by atoms with E-state index >= 15 is 0 Å². The number of nitrogens with zero attached hydrogens (tertiary/aromatic N) is 2. The molecule has 2 aromatic rings. The van der Waals surface area contributed by atoms with Gasteiger partial charge in [-0.2, -0.15) is 0 Å². The van der Waals surface area contributed by atoms with E-state index < -0.39 is 0 Å². The lowest BCUT2D eigenvalue weighted by Crippen LogP contribution is -2.32. The standard InChI is InChI=1S/C17H25N3O/c1-4-8-17(9-10-18-12-17)16-19-14-11-13(21-3)6-7-15(14)20(16)5-2/h6-7,11,18H,4-5,8-10,12H2,1-3H3. The van der Waals surface area contributed by atoms with E-state index in [1.165, 1.54) is 30.6 Å². The van der Waals surface area contributed by atoms with Crippen LogP contribution in [0.2, 0.25) is 0 Å². The number of rotatable bonds is 5. The lowest BCUT2D eigenvalue weighted by atomic mass is 9.81. The number of benzene rings is 1. The van der Waals surface area contributed by atoms with Gasteiger partial charge in [-0.25, -0.2) is 4.98 Å². The van der Waals surface area contributed by atoms with Gasteiger partial charge in [-0.1, -0.05) is 13.3 Å². The predicted molar refractivity (Wildman–Crippen MR) is 86.0 cm³/mol. The molecule has 1 aliphatic rings. The zero-order chi connectivity index (χ0) is 14.9. The minimum atomic E-state index is 0.191. The van der Waals surface area contributed by atoms with Gasteiger partial charge in [0.2, 0.25) is 0 Å². The summed E-state index contributed by atoms with van der Waals surface area (Å²) in [6.45, 7) is 7.57. The highest BCUT2D eigenvalue weighted by molar-refractivity contribution is 5.78. The van der Waals surface area contributed by atoms with Crippen LogP contribution in [-0.2, 0) is 12.0 Å². The van der Waals surface area contributed by atoms with Crippen LogP contribution in [0.5, 0.6) is 5.75 Å². The van der Waals surface area contributed by atoms with Gasteiger partial charge in [0.15, 0.2) is 0 Å². The fraction of sp³-hybridized carbons (Fsp3) is 0.588. The van der Waals surface area contributed by atoms with E-state index in [-0.39, 0.29) is 5.41 Å². The first kappa shape index (κ1) is 14.4. The molecular weight excluding hydrogens is 262 g/mol. The maximum Gasteiger partial charge on any atom is 0.121 e. The molecule has 0 saturated carbocycles. The SMILES string of the molecule is CCCC1(c2nc3cc(OC)ccc3n2CC)CCNC1. The smallest absolute Gasteiger partial charge is 0.121 e. The van der Waals surface area contributed by atoms with Crippen LogP contribution in [-0.4, -0.2) is 29.8 Å². The summed E-state index contributed by atoms with van der Waals surface area (Å²) >= 11 is 0.